The molecule has 0 saturated heterocycles. The van der Waals surface area contributed by atoms with Crippen LogP contribution in [0.15, 0.2) is 48.5 Å². The van der Waals surface area contributed by atoms with Gasteiger partial charge in [0.05, 0.1) is 21.3 Å². The zero-order valence-electron chi connectivity index (χ0n) is 15.4. The van der Waals surface area contributed by atoms with Crippen LogP contribution in [0.25, 0.3) is 10.2 Å². The summed E-state index contributed by atoms with van der Waals surface area (Å²) in [7, 11) is 0. The lowest BCUT2D eigenvalue weighted by Gasteiger charge is -2.18. The van der Waals surface area contributed by atoms with Crippen molar-refractivity contribution in [1.29, 1.82) is 0 Å². The molecule has 0 atom stereocenters. The second kappa shape index (κ2) is 7.52. The number of nitrogens with zero attached hydrogens (tertiary/aromatic N) is 3. The third-order valence-electron chi connectivity index (χ3n) is 4.78. The first kappa shape index (κ1) is 18.3. The molecule has 0 aliphatic carbocycles. The molecule has 2 heterocycles. The number of carbonyl (C=O) groups excluding carboxylic acids is 3. The maximum atomic E-state index is 12.7. The van der Waals surface area contributed by atoms with E-state index in [2.05, 4.69) is 4.98 Å². The molecule has 0 fully saturated rings. The molecule has 1 aliphatic rings. The van der Waals surface area contributed by atoms with Crippen LogP contribution in [0.4, 0.5) is 5.13 Å². The molecular formula is C21H19N3O3S. The Kier molecular flexibility index (Phi) is 4.92. The van der Waals surface area contributed by atoms with Gasteiger partial charge in [-0.3, -0.25) is 24.2 Å². The van der Waals surface area contributed by atoms with Crippen LogP contribution in [0, 0.1) is 0 Å². The van der Waals surface area contributed by atoms with Crippen LogP contribution in [0.2, 0.25) is 0 Å². The Labute approximate surface area is 166 Å². The van der Waals surface area contributed by atoms with Gasteiger partial charge in [0.1, 0.15) is 0 Å². The van der Waals surface area contributed by atoms with Crippen LogP contribution >= 0.6 is 11.3 Å². The summed E-state index contributed by atoms with van der Waals surface area (Å²) in [6.45, 7) is 2.66. The molecule has 1 aromatic heterocycles. The van der Waals surface area contributed by atoms with E-state index in [0.29, 0.717) is 29.2 Å². The van der Waals surface area contributed by atoms with Crippen molar-refractivity contribution in [3.05, 3.63) is 59.7 Å². The van der Waals surface area contributed by atoms with Crippen molar-refractivity contribution in [2.24, 2.45) is 0 Å². The van der Waals surface area contributed by atoms with E-state index >= 15 is 0 Å². The molecule has 1 aliphatic heterocycles. The highest BCUT2D eigenvalue weighted by atomic mass is 32.1. The summed E-state index contributed by atoms with van der Waals surface area (Å²) in [5.41, 5.74) is 1.74. The average Bonchev–Trinajstić information content (AvgIpc) is 3.23. The van der Waals surface area contributed by atoms with Crippen LogP contribution in [0.5, 0.6) is 0 Å². The molecule has 3 amide bonds. The van der Waals surface area contributed by atoms with Crippen molar-refractivity contribution in [2.45, 2.75) is 19.8 Å². The Hall–Kier alpha value is -3.06. The van der Waals surface area contributed by atoms with Gasteiger partial charge in [0.15, 0.2) is 5.13 Å². The number of fused-ring (bicyclic) bond motifs is 2. The maximum absolute atomic E-state index is 12.7. The summed E-state index contributed by atoms with van der Waals surface area (Å²) in [4.78, 5) is 44.9. The van der Waals surface area contributed by atoms with Gasteiger partial charge in [0.25, 0.3) is 11.8 Å². The highest BCUT2D eigenvalue weighted by Gasteiger charge is 2.34. The number of anilines is 1. The quantitative estimate of drug-likeness (QED) is 0.599. The van der Waals surface area contributed by atoms with Gasteiger partial charge in [-0.15, -0.1) is 0 Å². The molecule has 28 heavy (non-hydrogen) atoms. The Morgan fingerprint density at radius 3 is 2.32 bits per heavy atom. The number of para-hydroxylation sites is 1. The summed E-state index contributed by atoms with van der Waals surface area (Å²) in [5, 5.41) is 0.675. The number of imide groups is 1. The van der Waals surface area contributed by atoms with E-state index in [1.807, 2.05) is 31.2 Å². The van der Waals surface area contributed by atoms with Crippen LogP contribution in [-0.4, -0.2) is 40.7 Å². The fourth-order valence-electron chi connectivity index (χ4n) is 3.36. The maximum Gasteiger partial charge on any atom is 0.261 e. The highest BCUT2D eigenvalue weighted by molar-refractivity contribution is 7.22. The summed E-state index contributed by atoms with van der Waals surface area (Å²) in [6.07, 6.45) is 0.670. The van der Waals surface area contributed by atoms with Gasteiger partial charge in [0, 0.05) is 19.5 Å². The molecule has 6 nitrogen and oxygen atoms in total. The van der Waals surface area contributed by atoms with E-state index in [9.17, 15) is 14.4 Å². The predicted octanol–water partition coefficient (Wildman–Crippen LogP) is 3.73. The van der Waals surface area contributed by atoms with Gasteiger partial charge in [-0.1, -0.05) is 35.6 Å². The number of hydrogen-bond donors (Lipinski definition) is 0. The number of carbonyl (C=O) groups is 3. The molecule has 0 N–H and O–H groups in total. The standard InChI is InChI=1S/C21H19N3O3S/c1-2-23(21-22-16-10-5-6-11-17(16)28-21)18(25)12-7-13-24-19(26)14-8-3-4-9-15(14)20(24)27/h3-6,8-11H,2,7,12-13H2,1H3. The van der Waals surface area contributed by atoms with Gasteiger partial charge < -0.3 is 0 Å². The second-order valence-electron chi connectivity index (χ2n) is 6.51. The third kappa shape index (κ3) is 3.18. The Morgan fingerprint density at radius 2 is 1.68 bits per heavy atom. The van der Waals surface area contributed by atoms with E-state index < -0.39 is 0 Å². The number of hydrogen-bond acceptors (Lipinski definition) is 5. The summed E-state index contributed by atoms with van der Waals surface area (Å²) < 4.78 is 1.04. The SMILES string of the molecule is CCN(C(=O)CCCN1C(=O)c2ccccc2C1=O)c1nc2ccccc2s1. The molecule has 3 aromatic rings. The first-order valence-electron chi connectivity index (χ1n) is 9.21. The molecule has 0 spiro atoms. The molecule has 0 radical (unpaired) electrons. The Bertz CT molecular complexity index is 1010. The highest BCUT2D eigenvalue weighted by Crippen LogP contribution is 2.29. The van der Waals surface area contributed by atoms with E-state index in [1.54, 1.807) is 29.2 Å². The Morgan fingerprint density at radius 1 is 1.04 bits per heavy atom. The largest absolute Gasteiger partial charge is 0.288 e. The predicted molar refractivity (Wildman–Crippen MR) is 109 cm³/mol. The van der Waals surface area contributed by atoms with Gasteiger partial charge in [-0.25, -0.2) is 4.98 Å². The first-order chi connectivity index (χ1) is 13.6. The number of rotatable bonds is 6. The molecule has 4 rings (SSSR count). The van der Waals surface area contributed by atoms with E-state index in [0.717, 1.165) is 10.2 Å². The normalized spacial score (nSPS) is 13.2. The van der Waals surface area contributed by atoms with Gasteiger partial charge in [-0.05, 0) is 37.6 Å². The number of thiazole rings is 1. The van der Waals surface area contributed by atoms with Crippen molar-refractivity contribution < 1.29 is 14.4 Å². The minimum atomic E-state index is -0.286. The molecule has 0 bridgehead atoms. The van der Waals surface area contributed by atoms with Crippen LogP contribution in [0.3, 0.4) is 0 Å². The summed E-state index contributed by atoms with van der Waals surface area (Å²) in [6, 6.07) is 14.6. The number of aromatic nitrogens is 1. The minimum Gasteiger partial charge on any atom is -0.288 e. The number of amides is 3. The zero-order valence-corrected chi connectivity index (χ0v) is 16.2. The topological polar surface area (TPSA) is 70.6 Å². The minimum absolute atomic E-state index is 0.0573. The summed E-state index contributed by atoms with van der Waals surface area (Å²) in [5.74, 6) is -0.628. The smallest absolute Gasteiger partial charge is 0.261 e. The fraction of sp³-hybridized carbons (Fsp3) is 0.238. The van der Waals surface area contributed by atoms with Crippen molar-refractivity contribution in [2.75, 3.05) is 18.0 Å². The van der Waals surface area contributed by atoms with Crippen molar-refractivity contribution in [3.63, 3.8) is 0 Å². The molecule has 0 unspecified atom stereocenters. The second-order valence-corrected chi connectivity index (χ2v) is 7.52. The monoisotopic (exact) mass is 393 g/mol. The van der Waals surface area contributed by atoms with Crippen molar-refractivity contribution >= 4 is 44.4 Å². The van der Waals surface area contributed by atoms with Gasteiger partial charge in [-0.2, -0.15) is 0 Å². The lowest BCUT2D eigenvalue weighted by Crippen LogP contribution is -2.33. The Balaban J connectivity index is 1.40. The zero-order chi connectivity index (χ0) is 19.7. The van der Waals surface area contributed by atoms with Crippen LogP contribution in [0.1, 0.15) is 40.5 Å². The molecule has 7 heteroatoms. The van der Waals surface area contributed by atoms with Gasteiger partial charge in [0.2, 0.25) is 5.91 Å². The molecular weight excluding hydrogens is 374 g/mol. The first-order valence-corrected chi connectivity index (χ1v) is 10.0. The van der Waals surface area contributed by atoms with E-state index in [-0.39, 0.29) is 30.7 Å². The van der Waals surface area contributed by atoms with Crippen molar-refractivity contribution in [3.8, 4) is 0 Å². The van der Waals surface area contributed by atoms with E-state index in [1.165, 1.54) is 16.2 Å². The van der Waals surface area contributed by atoms with Crippen LogP contribution in [-0.2, 0) is 4.79 Å². The molecule has 2 aromatic carbocycles. The molecule has 142 valence electrons. The fourth-order valence-corrected chi connectivity index (χ4v) is 4.41. The summed E-state index contributed by atoms with van der Waals surface area (Å²) >= 11 is 1.48. The van der Waals surface area contributed by atoms with E-state index in [4.69, 9.17) is 0 Å². The van der Waals surface area contributed by atoms with Crippen LogP contribution < -0.4 is 4.90 Å². The van der Waals surface area contributed by atoms with Gasteiger partial charge >= 0.3 is 0 Å². The van der Waals surface area contributed by atoms with Crippen molar-refractivity contribution in [1.82, 2.24) is 9.88 Å². The lowest BCUT2D eigenvalue weighted by atomic mass is 10.1. The number of benzene rings is 2. The lowest BCUT2D eigenvalue weighted by molar-refractivity contribution is -0.118. The average molecular weight is 393 g/mol. The third-order valence-corrected chi connectivity index (χ3v) is 5.84. The molecule has 0 saturated carbocycles.